The number of nitrogens with one attached hydrogen (secondary N) is 2. The quantitative estimate of drug-likeness (QED) is 0.524. The van der Waals surface area contributed by atoms with Gasteiger partial charge in [0.15, 0.2) is 5.43 Å². The molecular formula is C21H18ClFN2O4S. The van der Waals surface area contributed by atoms with E-state index in [-0.39, 0.29) is 28.7 Å². The van der Waals surface area contributed by atoms with Crippen LogP contribution in [-0.4, -0.2) is 29.2 Å². The van der Waals surface area contributed by atoms with Gasteiger partial charge in [-0.05, 0) is 43.3 Å². The monoisotopic (exact) mass is 448 g/mol. The van der Waals surface area contributed by atoms with Crippen LogP contribution in [0.3, 0.4) is 0 Å². The maximum Gasteiger partial charge on any atom is 0.338 e. The van der Waals surface area contributed by atoms with E-state index in [9.17, 15) is 18.8 Å². The number of carbonyl (C=O) groups is 2. The fraction of sp³-hybridized carbons (Fsp3) is 0.190. The topological polar surface area (TPSA) is 88.3 Å². The third-order valence-corrected chi connectivity index (χ3v) is 5.36. The average molecular weight is 449 g/mol. The molecule has 0 radical (unpaired) electrons. The van der Waals surface area contributed by atoms with Gasteiger partial charge in [-0.15, -0.1) is 11.8 Å². The van der Waals surface area contributed by atoms with Crippen LogP contribution in [0, 0.1) is 5.82 Å². The summed E-state index contributed by atoms with van der Waals surface area (Å²) >= 11 is 7.01. The number of carbonyl (C=O) groups excluding carboxylic acids is 2. The number of amides is 1. The molecule has 1 aromatic heterocycles. The Morgan fingerprint density at radius 2 is 2.00 bits per heavy atom. The second kappa shape index (κ2) is 9.77. The Morgan fingerprint density at radius 1 is 1.20 bits per heavy atom. The number of H-pyrrole nitrogens is 1. The first-order valence-corrected chi connectivity index (χ1v) is 10.6. The number of aromatic nitrogens is 1. The van der Waals surface area contributed by atoms with Crippen LogP contribution in [0.1, 0.15) is 23.0 Å². The average Bonchev–Trinajstić information content (AvgIpc) is 2.71. The lowest BCUT2D eigenvalue weighted by atomic mass is 10.1. The number of rotatable bonds is 7. The van der Waals surface area contributed by atoms with Crippen LogP contribution in [0.15, 0.2) is 47.3 Å². The van der Waals surface area contributed by atoms with Gasteiger partial charge in [0, 0.05) is 34.1 Å². The van der Waals surface area contributed by atoms with Crippen molar-refractivity contribution in [1.82, 2.24) is 4.98 Å². The van der Waals surface area contributed by atoms with E-state index in [0.717, 1.165) is 0 Å². The van der Waals surface area contributed by atoms with Crippen molar-refractivity contribution in [2.75, 3.05) is 17.7 Å². The Hall–Kier alpha value is -2.84. The molecule has 9 heteroatoms. The molecule has 1 amide bonds. The molecule has 0 aliphatic carbocycles. The molecule has 1 heterocycles. The van der Waals surface area contributed by atoms with Gasteiger partial charge in [0.2, 0.25) is 5.91 Å². The number of hydrogen-bond donors (Lipinski definition) is 2. The van der Waals surface area contributed by atoms with Crippen LogP contribution in [0.25, 0.3) is 10.9 Å². The lowest BCUT2D eigenvalue weighted by molar-refractivity contribution is -0.113. The van der Waals surface area contributed by atoms with E-state index < -0.39 is 11.8 Å². The molecule has 0 fully saturated rings. The number of fused-ring (bicyclic) bond motifs is 1. The fourth-order valence-corrected chi connectivity index (χ4v) is 3.66. The van der Waals surface area contributed by atoms with Crippen LogP contribution in [0.4, 0.5) is 10.1 Å². The Balaban J connectivity index is 1.62. The number of hydrogen-bond acceptors (Lipinski definition) is 5. The molecule has 0 saturated heterocycles. The van der Waals surface area contributed by atoms with Crippen molar-refractivity contribution >= 4 is 51.8 Å². The summed E-state index contributed by atoms with van der Waals surface area (Å²) in [6, 6.07) is 10.1. The minimum atomic E-state index is -0.557. The van der Waals surface area contributed by atoms with Gasteiger partial charge in [0.25, 0.3) is 0 Å². The van der Waals surface area contributed by atoms with Crippen molar-refractivity contribution in [3.05, 3.63) is 74.8 Å². The van der Waals surface area contributed by atoms with Gasteiger partial charge in [-0.1, -0.05) is 11.6 Å². The predicted molar refractivity (Wildman–Crippen MR) is 117 cm³/mol. The van der Waals surface area contributed by atoms with Gasteiger partial charge >= 0.3 is 5.97 Å². The SMILES string of the molecule is CCOC(=O)c1ccc2[nH]c(CSCC(=O)Nc3ccc(F)c(Cl)c3)cc(=O)c2c1. The number of aromatic amines is 1. The standard InChI is InChI=1S/C21H18ClFN2O4S/c1-2-29-21(28)12-3-6-18-15(7-12)19(26)9-14(24-18)10-30-11-20(27)25-13-4-5-17(23)16(22)8-13/h3-9H,2,10-11H2,1H3,(H,24,26)(H,25,27). The first kappa shape index (κ1) is 21.9. The van der Waals surface area contributed by atoms with E-state index in [1.807, 2.05) is 0 Å². The largest absolute Gasteiger partial charge is 0.462 e. The van der Waals surface area contributed by atoms with E-state index >= 15 is 0 Å². The van der Waals surface area contributed by atoms with Gasteiger partial charge in [-0.25, -0.2) is 9.18 Å². The summed E-state index contributed by atoms with van der Waals surface area (Å²) in [4.78, 5) is 39.4. The van der Waals surface area contributed by atoms with Crippen molar-refractivity contribution in [2.24, 2.45) is 0 Å². The number of thioether (sulfide) groups is 1. The first-order chi connectivity index (χ1) is 14.4. The highest BCUT2D eigenvalue weighted by Crippen LogP contribution is 2.20. The molecule has 0 unspecified atom stereocenters. The number of halogens is 2. The molecule has 3 rings (SSSR count). The third kappa shape index (κ3) is 5.40. The maximum atomic E-state index is 13.2. The Kier molecular flexibility index (Phi) is 7.12. The molecule has 0 bridgehead atoms. The third-order valence-electron chi connectivity index (χ3n) is 4.09. The van der Waals surface area contributed by atoms with E-state index in [0.29, 0.717) is 33.6 Å². The van der Waals surface area contributed by atoms with E-state index in [1.54, 1.807) is 19.1 Å². The van der Waals surface area contributed by atoms with Gasteiger partial charge in [-0.3, -0.25) is 9.59 Å². The number of esters is 1. The Bertz CT molecular complexity index is 1170. The molecule has 2 aromatic carbocycles. The van der Waals surface area contributed by atoms with Gasteiger partial charge in [0.1, 0.15) is 5.82 Å². The summed E-state index contributed by atoms with van der Waals surface area (Å²) < 4.78 is 18.1. The summed E-state index contributed by atoms with van der Waals surface area (Å²) in [5.41, 5.74) is 1.74. The molecule has 2 N–H and O–H groups in total. The molecular weight excluding hydrogens is 431 g/mol. The summed E-state index contributed by atoms with van der Waals surface area (Å²) in [6.07, 6.45) is 0. The normalized spacial score (nSPS) is 10.8. The van der Waals surface area contributed by atoms with Crippen molar-refractivity contribution in [2.45, 2.75) is 12.7 Å². The van der Waals surface area contributed by atoms with Gasteiger partial charge in [0.05, 0.1) is 22.9 Å². The predicted octanol–water partition coefficient (Wildman–Crippen LogP) is 4.37. The number of ether oxygens (including phenoxy) is 1. The highest BCUT2D eigenvalue weighted by molar-refractivity contribution is 7.99. The maximum absolute atomic E-state index is 13.2. The Labute approximate surface area is 180 Å². The van der Waals surface area contributed by atoms with Crippen molar-refractivity contribution in [3.8, 4) is 0 Å². The lowest BCUT2D eigenvalue weighted by Gasteiger charge is -2.08. The number of anilines is 1. The number of pyridine rings is 1. The van der Waals surface area contributed by atoms with Crippen LogP contribution in [0.2, 0.25) is 5.02 Å². The van der Waals surface area contributed by atoms with Crippen LogP contribution in [-0.2, 0) is 15.3 Å². The summed E-state index contributed by atoms with van der Waals surface area (Å²) in [5.74, 6) is -0.769. The van der Waals surface area contributed by atoms with E-state index in [1.165, 1.54) is 42.1 Å². The molecule has 156 valence electrons. The van der Waals surface area contributed by atoms with Crippen LogP contribution < -0.4 is 10.7 Å². The van der Waals surface area contributed by atoms with Crippen molar-refractivity contribution < 1.29 is 18.7 Å². The second-order valence-corrected chi connectivity index (χ2v) is 7.70. The lowest BCUT2D eigenvalue weighted by Crippen LogP contribution is -2.14. The van der Waals surface area contributed by atoms with Gasteiger partial charge in [-0.2, -0.15) is 0 Å². The molecule has 0 spiro atoms. The smallest absolute Gasteiger partial charge is 0.338 e. The van der Waals surface area contributed by atoms with E-state index in [4.69, 9.17) is 16.3 Å². The van der Waals surface area contributed by atoms with Gasteiger partial charge < -0.3 is 15.0 Å². The zero-order chi connectivity index (χ0) is 21.7. The highest BCUT2D eigenvalue weighted by atomic mass is 35.5. The van der Waals surface area contributed by atoms with Crippen LogP contribution >= 0.6 is 23.4 Å². The number of benzene rings is 2. The molecule has 0 saturated carbocycles. The molecule has 0 aliphatic heterocycles. The second-order valence-electron chi connectivity index (χ2n) is 6.31. The fourth-order valence-electron chi connectivity index (χ4n) is 2.75. The molecule has 6 nitrogen and oxygen atoms in total. The molecule has 30 heavy (non-hydrogen) atoms. The molecule has 0 atom stereocenters. The minimum absolute atomic E-state index is 0.0692. The van der Waals surface area contributed by atoms with Crippen molar-refractivity contribution in [1.29, 1.82) is 0 Å². The van der Waals surface area contributed by atoms with E-state index in [2.05, 4.69) is 10.3 Å². The zero-order valence-corrected chi connectivity index (χ0v) is 17.5. The minimum Gasteiger partial charge on any atom is -0.462 e. The first-order valence-electron chi connectivity index (χ1n) is 9.03. The molecule has 3 aromatic rings. The van der Waals surface area contributed by atoms with Crippen molar-refractivity contribution in [3.63, 3.8) is 0 Å². The highest BCUT2D eigenvalue weighted by Gasteiger charge is 2.11. The summed E-state index contributed by atoms with van der Waals surface area (Å²) in [5, 5.41) is 2.96. The summed E-state index contributed by atoms with van der Waals surface area (Å²) in [7, 11) is 0. The Morgan fingerprint density at radius 3 is 2.73 bits per heavy atom. The molecule has 0 aliphatic rings. The van der Waals surface area contributed by atoms with Crippen LogP contribution in [0.5, 0.6) is 0 Å². The summed E-state index contributed by atoms with van der Waals surface area (Å²) in [6.45, 7) is 1.97. The zero-order valence-electron chi connectivity index (χ0n) is 16.0.